The molecule has 0 aliphatic carbocycles. The molecule has 0 amide bonds. The molecular formula is C24H23F3O7. The van der Waals surface area contributed by atoms with Crippen molar-refractivity contribution < 1.29 is 41.3 Å². The highest BCUT2D eigenvalue weighted by Crippen LogP contribution is 2.39. The Hall–Kier alpha value is -3.53. The van der Waals surface area contributed by atoms with Crippen molar-refractivity contribution in [1.29, 1.82) is 0 Å². The summed E-state index contributed by atoms with van der Waals surface area (Å²) >= 11 is 0. The van der Waals surface area contributed by atoms with Gasteiger partial charge in [0, 0.05) is 12.7 Å². The van der Waals surface area contributed by atoms with Gasteiger partial charge in [-0.1, -0.05) is 12.1 Å². The molecular weight excluding hydrogens is 457 g/mol. The van der Waals surface area contributed by atoms with Crippen LogP contribution in [0.2, 0.25) is 0 Å². The minimum Gasteiger partial charge on any atom is -0.482 e. The van der Waals surface area contributed by atoms with Gasteiger partial charge in [-0.15, -0.1) is 0 Å². The Labute approximate surface area is 193 Å². The van der Waals surface area contributed by atoms with Crippen LogP contribution >= 0.6 is 0 Å². The average Bonchev–Trinajstić information content (AvgIpc) is 2.78. The van der Waals surface area contributed by atoms with Crippen molar-refractivity contribution in [2.45, 2.75) is 26.9 Å². The average molecular weight is 480 g/mol. The standard InChI is InChI=1S/C24H23F3O7/c1-4-30-9-10-31-20(28)13-32-16-7-8-17-19(12-16)34-23(24(25,26)27)22(21(17)29)33-18-11-14(2)5-6-15(18)3/h5-8,11-12H,4,9-10,13H2,1-3H3. The molecule has 0 saturated carbocycles. The molecule has 0 radical (unpaired) electrons. The van der Waals surface area contributed by atoms with E-state index in [0.717, 1.165) is 11.6 Å². The van der Waals surface area contributed by atoms with Crippen LogP contribution in [0.25, 0.3) is 11.0 Å². The van der Waals surface area contributed by atoms with Crippen molar-refractivity contribution in [2.24, 2.45) is 0 Å². The second-order valence-corrected chi connectivity index (χ2v) is 7.32. The number of aryl methyl sites for hydroxylation is 2. The van der Waals surface area contributed by atoms with Gasteiger partial charge in [-0.2, -0.15) is 13.2 Å². The van der Waals surface area contributed by atoms with Gasteiger partial charge in [0.1, 0.15) is 23.7 Å². The van der Waals surface area contributed by atoms with Crippen molar-refractivity contribution in [3.8, 4) is 17.2 Å². The third-order valence-corrected chi connectivity index (χ3v) is 4.69. The summed E-state index contributed by atoms with van der Waals surface area (Å²) in [4.78, 5) is 24.6. The van der Waals surface area contributed by atoms with E-state index in [2.05, 4.69) is 0 Å². The van der Waals surface area contributed by atoms with Gasteiger partial charge in [0.15, 0.2) is 6.61 Å². The Kier molecular flexibility index (Phi) is 7.83. The summed E-state index contributed by atoms with van der Waals surface area (Å²) in [6, 6.07) is 8.65. The molecule has 0 unspecified atom stereocenters. The highest BCUT2D eigenvalue weighted by Gasteiger charge is 2.40. The summed E-state index contributed by atoms with van der Waals surface area (Å²) in [7, 11) is 0. The molecule has 3 aromatic rings. The van der Waals surface area contributed by atoms with Gasteiger partial charge in [0.2, 0.25) is 11.2 Å². The van der Waals surface area contributed by atoms with Crippen molar-refractivity contribution >= 4 is 16.9 Å². The molecule has 0 bridgehead atoms. The number of benzene rings is 2. The van der Waals surface area contributed by atoms with Crippen LogP contribution < -0.4 is 14.9 Å². The molecule has 0 fully saturated rings. The van der Waals surface area contributed by atoms with E-state index in [1.165, 1.54) is 18.2 Å². The zero-order valence-corrected chi connectivity index (χ0v) is 18.8. The quantitative estimate of drug-likeness (QED) is 0.308. The highest BCUT2D eigenvalue weighted by atomic mass is 19.4. The molecule has 7 nitrogen and oxygen atoms in total. The molecule has 2 aromatic carbocycles. The Morgan fingerprint density at radius 1 is 1.06 bits per heavy atom. The molecule has 0 aliphatic heterocycles. The minimum atomic E-state index is -5.00. The third-order valence-electron chi connectivity index (χ3n) is 4.69. The third kappa shape index (κ3) is 6.07. The predicted octanol–water partition coefficient (Wildman–Crippen LogP) is 5.18. The lowest BCUT2D eigenvalue weighted by molar-refractivity contribution is -0.154. The van der Waals surface area contributed by atoms with Crippen molar-refractivity contribution in [3.63, 3.8) is 0 Å². The van der Waals surface area contributed by atoms with E-state index in [9.17, 15) is 22.8 Å². The lowest BCUT2D eigenvalue weighted by Gasteiger charge is -2.15. The topological polar surface area (TPSA) is 84.2 Å². The molecule has 182 valence electrons. The maximum atomic E-state index is 13.8. The first-order valence-corrected chi connectivity index (χ1v) is 10.4. The highest BCUT2D eigenvalue weighted by molar-refractivity contribution is 5.80. The first-order valence-electron chi connectivity index (χ1n) is 10.4. The monoisotopic (exact) mass is 480 g/mol. The van der Waals surface area contributed by atoms with Crippen LogP contribution in [0.15, 0.2) is 45.6 Å². The number of esters is 1. The number of rotatable bonds is 9. The summed E-state index contributed by atoms with van der Waals surface area (Å²) in [5, 5.41) is -0.139. The zero-order valence-electron chi connectivity index (χ0n) is 18.8. The van der Waals surface area contributed by atoms with Crippen molar-refractivity contribution in [3.05, 3.63) is 63.5 Å². The van der Waals surface area contributed by atoms with Crippen LogP contribution in [0.4, 0.5) is 13.2 Å². The van der Waals surface area contributed by atoms with E-state index < -0.39 is 35.7 Å². The van der Waals surface area contributed by atoms with E-state index in [1.807, 2.05) is 0 Å². The smallest absolute Gasteiger partial charge is 0.453 e. The number of halogens is 3. The number of hydrogen-bond acceptors (Lipinski definition) is 7. The summed E-state index contributed by atoms with van der Waals surface area (Å²) in [6.45, 7) is 5.46. The summed E-state index contributed by atoms with van der Waals surface area (Å²) in [5.74, 6) is -3.08. The molecule has 1 heterocycles. The maximum Gasteiger partial charge on any atom is 0.453 e. The number of fused-ring (bicyclic) bond motifs is 1. The second kappa shape index (κ2) is 10.6. The first-order chi connectivity index (χ1) is 16.1. The first kappa shape index (κ1) is 25.1. The molecule has 0 saturated heterocycles. The fourth-order valence-corrected chi connectivity index (χ4v) is 3.00. The van der Waals surface area contributed by atoms with E-state index >= 15 is 0 Å². The molecule has 0 aliphatic rings. The fourth-order valence-electron chi connectivity index (χ4n) is 3.00. The summed E-state index contributed by atoms with van der Waals surface area (Å²) < 4.78 is 66.9. The van der Waals surface area contributed by atoms with E-state index in [-0.39, 0.29) is 35.7 Å². The number of alkyl halides is 3. The maximum absolute atomic E-state index is 13.8. The number of carbonyl (C=O) groups is 1. The SMILES string of the molecule is CCOCCOC(=O)COc1ccc2c(=O)c(Oc3cc(C)ccc3C)c(C(F)(F)F)oc2c1. The van der Waals surface area contributed by atoms with E-state index in [4.69, 9.17) is 23.4 Å². The lowest BCUT2D eigenvalue weighted by atomic mass is 10.1. The van der Waals surface area contributed by atoms with E-state index in [0.29, 0.717) is 12.2 Å². The van der Waals surface area contributed by atoms with Crippen molar-refractivity contribution in [2.75, 3.05) is 26.4 Å². The largest absolute Gasteiger partial charge is 0.482 e. The number of ether oxygens (including phenoxy) is 4. The van der Waals surface area contributed by atoms with Crippen LogP contribution in [0, 0.1) is 13.8 Å². The van der Waals surface area contributed by atoms with Crippen LogP contribution in [0.5, 0.6) is 17.2 Å². The normalized spacial score (nSPS) is 11.5. The van der Waals surface area contributed by atoms with Crippen LogP contribution in [-0.2, 0) is 20.4 Å². The van der Waals surface area contributed by atoms with Gasteiger partial charge in [-0.05, 0) is 50.1 Å². The fraction of sp³-hybridized carbons (Fsp3) is 0.333. The van der Waals surface area contributed by atoms with Gasteiger partial charge in [0.25, 0.3) is 5.76 Å². The Bertz CT molecular complexity index is 1230. The lowest BCUT2D eigenvalue weighted by Crippen LogP contribution is -2.18. The van der Waals surface area contributed by atoms with Gasteiger partial charge in [0.05, 0.1) is 12.0 Å². The Morgan fingerprint density at radius 2 is 1.82 bits per heavy atom. The molecule has 1 aromatic heterocycles. The van der Waals surface area contributed by atoms with Gasteiger partial charge in [-0.25, -0.2) is 4.79 Å². The summed E-state index contributed by atoms with van der Waals surface area (Å²) in [6.07, 6.45) is -5.00. The van der Waals surface area contributed by atoms with Crippen LogP contribution in [-0.4, -0.2) is 32.4 Å². The van der Waals surface area contributed by atoms with Gasteiger partial charge in [-0.3, -0.25) is 4.79 Å². The Morgan fingerprint density at radius 3 is 2.53 bits per heavy atom. The minimum absolute atomic E-state index is 0.0220. The zero-order chi connectivity index (χ0) is 24.9. The van der Waals surface area contributed by atoms with Crippen LogP contribution in [0.3, 0.4) is 0 Å². The second-order valence-electron chi connectivity index (χ2n) is 7.32. The Balaban J connectivity index is 1.90. The molecule has 10 heteroatoms. The van der Waals surface area contributed by atoms with Crippen molar-refractivity contribution in [1.82, 2.24) is 0 Å². The molecule has 0 spiro atoms. The van der Waals surface area contributed by atoms with E-state index in [1.54, 1.807) is 32.9 Å². The van der Waals surface area contributed by atoms with Gasteiger partial charge >= 0.3 is 12.1 Å². The van der Waals surface area contributed by atoms with Gasteiger partial charge < -0.3 is 23.4 Å². The molecule has 34 heavy (non-hydrogen) atoms. The molecule has 3 rings (SSSR count). The molecule has 0 N–H and O–H groups in total. The number of hydrogen-bond donors (Lipinski definition) is 0. The van der Waals surface area contributed by atoms with Crippen LogP contribution in [0.1, 0.15) is 23.8 Å². The summed E-state index contributed by atoms with van der Waals surface area (Å²) in [5.41, 5.74) is -0.0585. The molecule has 0 atom stereocenters. The number of carbonyl (C=O) groups excluding carboxylic acids is 1. The predicted molar refractivity (Wildman–Crippen MR) is 116 cm³/mol.